The number of anilines is 2. The molecule has 1 aliphatic heterocycles. The summed E-state index contributed by atoms with van der Waals surface area (Å²) in [5.74, 6) is 0.716. The second-order valence-electron chi connectivity index (χ2n) is 7.81. The van der Waals surface area contributed by atoms with E-state index in [1.54, 1.807) is 0 Å². The van der Waals surface area contributed by atoms with Crippen molar-refractivity contribution in [1.29, 1.82) is 0 Å². The molecular formula is C24H25F3N4. The minimum Gasteiger partial charge on any atom is -0.324 e. The molecule has 4 rings (SSSR count). The van der Waals surface area contributed by atoms with E-state index in [0.29, 0.717) is 12.3 Å². The molecule has 0 unspecified atom stereocenters. The summed E-state index contributed by atoms with van der Waals surface area (Å²) in [7, 11) is 0. The Morgan fingerprint density at radius 3 is 2.32 bits per heavy atom. The van der Waals surface area contributed by atoms with Crippen LogP contribution in [0.3, 0.4) is 0 Å². The lowest BCUT2D eigenvalue weighted by Gasteiger charge is -2.23. The van der Waals surface area contributed by atoms with Crippen LogP contribution in [0, 0.1) is 0 Å². The van der Waals surface area contributed by atoms with E-state index in [1.807, 2.05) is 42.5 Å². The van der Waals surface area contributed by atoms with E-state index in [-0.39, 0.29) is 18.1 Å². The fourth-order valence-corrected chi connectivity index (χ4v) is 3.94. The van der Waals surface area contributed by atoms with Crippen LogP contribution < -0.4 is 10.6 Å². The molecule has 1 fully saturated rings. The molecule has 0 radical (unpaired) electrons. The van der Waals surface area contributed by atoms with Gasteiger partial charge in [0.2, 0.25) is 5.95 Å². The van der Waals surface area contributed by atoms with Crippen LogP contribution in [0.4, 0.5) is 24.8 Å². The lowest BCUT2D eigenvalue weighted by Crippen LogP contribution is -2.26. The Bertz CT molecular complexity index is 982. The molecule has 0 spiro atoms. The summed E-state index contributed by atoms with van der Waals surface area (Å²) in [6.07, 6.45) is -0.727. The quantitative estimate of drug-likeness (QED) is 0.547. The zero-order chi connectivity index (χ0) is 21.7. The second-order valence-corrected chi connectivity index (χ2v) is 7.81. The van der Waals surface area contributed by atoms with Crippen LogP contribution in [0.5, 0.6) is 0 Å². The highest BCUT2D eigenvalue weighted by molar-refractivity contribution is 5.54. The number of benzene rings is 2. The van der Waals surface area contributed by atoms with Gasteiger partial charge in [-0.1, -0.05) is 42.5 Å². The van der Waals surface area contributed by atoms with Gasteiger partial charge in [0, 0.05) is 11.9 Å². The Morgan fingerprint density at radius 2 is 1.65 bits per heavy atom. The number of nitrogens with one attached hydrogen (secondary N) is 2. The Hall–Kier alpha value is -2.93. The standard InChI is InChI=1S/C24H25F3N4/c25-24(26,27)21-16-29-23(31-22(21)11-6-17-4-2-1-3-5-17)30-20-9-7-18(8-10-20)19-12-14-28-15-13-19/h1-5,7-10,16,19,28H,6,11-15H2,(H,29,30,31). The third-order valence-corrected chi connectivity index (χ3v) is 5.64. The number of piperidine rings is 1. The van der Waals surface area contributed by atoms with E-state index in [4.69, 9.17) is 0 Å². The number of hydrogen-bond donors (Lipinski definition) is 2. The maximum absolute atomic E-state index is 13.4. The number of aromatic nitrogens is 2. The van der Waals surface area contributed by atoms with Crippen LogP contribution in [0.2, 0.25) is 0 Å². The van der Waals surface area contributed by atoms with Crippen LogP contribution in [-0.4, -0.2) is 23.1 Å². The molecular weight excluding hydrogens is 401 g/mol. The Balaban J connectivity index is 1.50. The number of rotatable bonds is 6. The molecule has 3 aromatic rings. The first-order chi connectivity index (χ1) is 15.0. The zero-order valence-electron chi connectivity index (χ0n) is 17.1. The van der Waals surface area contributed by atoms with Crippen LogP contribution in [0.25, 0.3) is 0 Å². The summed E-state index contributed by atoms with van der Waals surface area (Å²) in [6, 6.07) is 17.4. The van der Waals surface area contributed by atoms with E-state index in [9.17, 15) is 13.2 Å². The fourth-order valence-electron chi connectivity index (χ4n) is 3.94. The maximum atomic E-state index is 13.4. The molecule has 0 bridgehead atoms. The number of nitrogens with zero attached hydrogens (tertiary/aromatic N) is 2. The predicted octanol–water partition coefficient (Wildman–Crippen LogP) is 5.49. The third kappa shape index (κ3) is 5.61. The normalized spacial score (nSPS) is 15.1. The molecule has 4 nitrogen and oxygen atoms in total. The van der Waals surface area contributed by atoms with Gasteiger partial charge in [0.1, 0.15) is 0 Å². The molecule has 2 N–H and O–H groups in total. The van der Waals surface area contributed by atoms with E-state index in [1.165, 1.54) is 5.56 Å². The molecule has 162 valence electrons. The summed E-state index contributed by atoms with van der Waals surface area (Å²) < 4.78 is 40.3. The molecule has 1 saturated heterocycles. The molecule has 1 aromatic heterocycles. The average Bonchev–Trinajstić information content (AvgIpc) is 2.79. The van der Waals surface area contributed by atoms with Gasteiger partial charge in [-0.3, -0.25) is 0 Å². The summed E-state index contributed by atoms with van der Waals surface area (Å²) in [4.78, 5) is 8.13. The molecule has 0 saturated carbocycles. The molecule has 0 aliphatic carbocycles. The van der Waals surface area contributed by atoms with Crippen LogP contribution in [-0.2, 0) is 19.0 Å². The van der Waals surface area contributed by atoms with Crippen LogP contribution in [0.15, 0.2) is 60.8 Å². The minimum absolute atomic E-state index is 0.000166. The highest BCUT2D eigenvalue weighted by atomic mass is 19.4. The lowest BCUT2D eigenvalue weighted by molar-refractivity contribution is -0.138. The molecule has 1 aliphatic rings. The topological polar surface area (TPSA) is 49.8 Å². The van der Waals surface area contributed by atoms with E-state index in [2.05, 4.69) is 32.7 Å². The summed E-state index contributed by atoms with van der Waals surface area (Å²) in [6.45, 7) is 2.05. The van der Waals surface area contributed by atoms with Gasteiger partial charge in [0.15, 0.2) is 0 Å². The van der Waals surface area contributed by atoms with Crippen LogP contribution in [0.1, 0.15) is 41.1 Å². The molecule has 2 aromatic carbocycles. The summed E-state index contributed by atoms with van der Waals surface area (Å²) in [5, 5.41) is 6.41. The maximum Gasteiger partial charge on any atom is 0.419 e. The van der Waals surface area contributed by atoms with Crippen molar-refractivity contribution in [3.63, 3.8) is 0 Å². The number of halogens is 3. The van der Waals surface area contributed by atoms with Crippen molar-refractivity contribution < 1.29 is 13.2 Å². The van der Waals surface area contributed by atoms with Gasteiger partial charge in [-0.25, -0.2) is 9.97 Å². The molecule has 0 atom stereocenters. The Labute approximate surface area is 179 Å². The summed E-state index contributed by atoms with van der Waals surface area (Å²) in [5.41, 5.74) is 2.23. The highest BCUT2D eigenvalue weighted by Gasteiger charge is 2.34. The van der Waals surface area contributed by atoms with Crippen LogP contribution >= 0.6 is 0 Å². The SMILES string of the molecule is FC(F)(F)c1cnc(Nc2ccc(C3CCNCC3)cc2)nc1CCc1ccccc1. The first-order valence-electron chi connectivity index (χ1n) is 10.5. The first-order valence-corrected chi connectivity index (χ1v) is 10.5. The van der Waals surface area contributed by atoms with Gasteiger partial charge < -0.3 is 10.6 Å². The van der Waals surface area contributed by atoms with Crippen molar-refractivity contribution in [2.45, 2.75) is 37.8 Å². The van der Waals surface area contributed by atoms with Gasteiger partial charge in [-0.15, -0.1) is 0 Å². The van der Waals surface area contributed by atoms with Gasteiger partial charge in [0.25, 0.3) is 0 Å². The first kappa shape index (κ1) is 21.3. The number of alkyl halides is 3. The molecule has 7 heteroatoms. The highest BCUT2D eigenvalue weighted by Crippen LogP contribution is 2.32. The zero-order valence-corrected chi connectivity index (χ0v) is 17.1. The van der Waals surface area contributed by atoms with E-state index >= 15 is 0 Å². The second kappa shape index (κ2) is 9.47. The van der Waals surface area contributed by atoms with Crippen molar-refractivity contribution >= 4 is 11.6 Å². The van der Waals surface area contributed by atoms with Crippen molar-refractivity contribution in [2.75, 3.05) is 18.4 Å². The van der Waals surface area contributed by atoms with Gasteiger partial charge >= 0.3 is 6.18 Å². The van der Waals surface area contributed by atoms with Crippen molar-refractivity contribution in [2.24, 2.45) is 0 Å². The minimum atomic E-state index is -4.49. The Morgan fingerprint density at radius 1 is 0.935 bits per heavy atom. The molecule has 31 heavy (non-hydrogen) atoms. The van der Waals surface area contributed by atoms with Gasteiger partial charge in [0.05, 0.1) is 11.3 Å². The fraction of sp³-hybridized carbons (Fsp3) is 0.333. The predicted molar refractivity (Wildman–Crippen MR) is 115 cm³/mol. The van der Waals surface area contributed by atoms with E-state index in [0.717, 1.165) is 43.4 Å². The van der Waals surface area contributed by atoms with Gasteiger partial charge in [-0.2, -0.15) is 13.2 Å². The molecule has 2 heterocycles. The smallest absolute Gasteiger partial charge is 0.324 e. The average molecular weight is 426 g/mol. The largest absolute Gasteiger partial charge is 0.419 e. The summed E-state index contributed by atoms with van der Waals surface area (Å²) >= 11 is 0. The molecule has 0 amide bonds. The monoisotopic (exact) mass is 426 g/mol. The van der Waals surface area contributed by atoms with Crippen molar-refractivity contribution in [3.8, 4) is 0 Å². The Kier molecular flexibility index (Phi) is 6.51. The van der Waals surface area contributed by atoms with Crippen molar-refractivity contribution in [3.05, 3.63) is 83.2 Å². The third-order valence-electron chi connectivity index (χ3n) is 5.64. The lowest BCUT2D eigenvalue weighted by atomic mass is 9.90. The van der Waals surface area contributed by atoms with E-state index < -0.39 is 11.7 Å². The number of aryl methyl sites for hydroxylation is 2. The number of hydrogen-bond acceptors (Lipinski definition) is 4. The van der Waals surface area contributed by atoms with Crippen molar-refractivity contribution in [1.82, 2.24) is 15.3 Å². The van der Waals surface area contributed by atoms with Gasteiger partial charge in [-0.05, 0) is 68.0 Å².